The van der Waals surface area contributed by atoms with Crippen molar-refractivity contribution >= 4 is 40.0 Å². The molecule has 0 spiro atoms. The molecule has 1 heterocycles. The normalized spacial score (nSPS) is 10.6. The first kappa shape index (κ1) is 13.5. The second-order valence-electron chi connectivity index (χ2n) is 4.42. The van der Waals surface area contributed by atoms with Crippen LogP contribution in [-0.4, -0.2) is 17.1 Å². The monoisotopic (exact) mass is 300 g/mol. The van der Waals surface area contributed by atoms with Crippen LogP contribution in [-0.2, 0) is 0 Å². The van der Waals surface area contributed by atoms with Crippen LogP contribution in [0.1, 0.15) is 0 Å². The van der Waals surface area contributed by atoms with Crippen molar-refractivity contribution in [3.8, 4) is 5.75 Å². The number of hydrogen-bond donors (Lipinski definition) is 2. The van der Waals surface area contributed by atoms with Crippen LogP contribution in [0.2, 0.25) is 5.02 Å². The number of benzene rings is 2. The predicted octanol–water partition coefficient (Wildman–Crippen LogP) is 3.62. The second kappa shape index (κ2) is 5.46. The first-order valence-corrected chi connectivity index (χ1v) is 6.68. The molecule has 0 aliphatic rings. The van der Waals surface area contributed by atoms with Gasteiger partial charge in [-0.25, -0.2) is 4.98 Å². The Bertz CT molecular complexity index is 807. The van der Waals surface area contributed by atoms with E-state index in [1.807, 2.05) is 24.3 Å². The minimum atomic E-state index is 0.204. The Hall–Kier alpha value is -2.53. The zero-order valence-electron chi connectivity index (χ0n) is 11.3. The number of halogens is 1. The van der Waals surface area contributed by atoms with Gasteiger partial charge in [0.2, 0.25) is 5.95 Å². The van der Waals surface area contributed by atoms with Crippen molar-refractivity contribution in [3.63, 3.8) is 0 Å². The molecule has 1 aromatic heterocycles. The molecule has 106 valence electrons. The summed E-state index contributed by atoms with van der Waals surface area (Å²) in [5.41, 5.74) is 7.22. The van der Waals surface area contributed by atoms with Gasteiger partial charge in [0.05, 0.1) is 23.3 Å². The van der Waals surface area contributed by atoms with Gasteiger partial charge in [0.15, 0.2) is 0 Å². The van der Waals surface area contributed by atoms with E-state index in [1.54, 1.807) is 25.3 Å². The van der Waals surface area contributed by atoms with Crippen LogP contribution in [0.3, 0.4) is 0 Å². The molecular formula is C15H13ClN4O. The Labute approximate surface area is 126 Å². The number of hydrogen-bond acceptors (Lipinski definition) is 5. The maximum atomic E-state index is 6.20. The molecule has 2 aromatic carbocycles. The Balaban J connectivity index is 2.09. The number of fused-ring (bicyclic) bond motifs is 1. The molecule has 0 atom stereocenters. The summed E-state index contributed by atoms with van der Waals surface area (Å²) in [7, 11) is 1.60. The first-order valence-electron chi connectivity index (χ1n) is 6.30. The van der Waals surface area contributed by atoms with Crippen molar-refractivity contribution in [2.24, 2.45) is 0 Å². The van der Waals surface area contributed by atoms with Crippen molar-refractivity contribution in [1.29, 1.82) is 0 Å². The third kappa shape index (κ3) is 2.68. The smallest absolute Gasteiger partial charge is 0.222 e. The number of nitrogens with two attached hydrogens (primary N) is 1. The van der Waals surface area contributed by atoms with E-state index in [1.165, 1.54) is 0 Å². The molecule has 6 heteroatoms. The lowest BCUT2D eigenvalue weighted by Crippen LogP contribution is -2.01. The van der Waals surface area contributed by atoms with Gasteiger partial charge in [-0.2, -0.15) is 4.98 Å². The number of ether oxygens (including phenoxy) is 1. The summed E-state index contributed by atoms with van der Waals surface area (Å²) in [5, 5.41) is 4.62. The minimum absolute atomic E-state index is 0.204. The Kier molecular flexibility index (Phi) is 3.50. The lowest BCUT2D eigenvalue weighted by atomic mass is 10.2. The highest BCUT2D eigenvalue weighted by molar-refractivity contribution is 6.33. The van der Waals surface area contributed by atoms with E-state index in [0.29, 0.717) is 22.3 Å². The van der Waals surface area contributed by atoms with Gasteiger partial charge >= 0.3 is 0 Å². The molecule has 0 bridgehead atoms. The van der Waals surface area contributed by atoms with Crippen LogP contribution >= 0.6 is 11.6 Å². The van der Waals surface area contributed by atoms with Crippen molar-refractivity contribution in [2.75, 3.05) is 18.2 Å². The van der Waals surface area contributed by atoms with Crippen molar-refractivity contribution in [2.45, 2.75) is 0 Å². The topological polar surface area (TPSA) is 73.1 Å². The summed E-state index contributed by atoms with van der Waals surface area (Å²) in [6, 6.07) is 13.0. The van der Waals surface area contributed by atoms with Gasteiger partial charge in [-0.15, -0.1) is 0 Å². The maximum Gasteiger partial charge on any atom is 0.222 e. The molecule has 3 rings (SSSR count). The SMILES string of the molecule is COc1ccc(Cl)c(Nc2nc(N)nc3ccccc23)c1. The van der Waals surface area contributed by atoms with Gasteiger partial charge in [-0.3, -0.25) is 0 Å². The molecule has 0 amide bonds. The number of nitrogen functional groups attached to an aromatic ring is 1. The van der Waals surface area contributed by atoms with E-state index in [-0.39, 0.29) is 5.95 Å². The molecule has 0 fully saturated rings. The average Bonchev–Trinajstić information content (AvgIpc) is 2.49. The van der Waals surface area contributed by atoms with Gasteiger partial charge < -0.3 is 15.8 Å². The van der Waals surface area contributed by atoms with Crippen molar-refractivity contribution in [1.82, 2.24) is 9.97 Å². The van der Waals surface area contributed by atoms with Crippen molar-refractivity contribution in [3.05, 3.63) is 47.5 Å². The predicted molar refractivity (Wildman–Crippen MR) is 85.2 cm³/mol. The average molecular weight is 301 g/mol. The minimum Gasteiger partial charge on any atom is -0.497 e. The van der Waals surface area contributed by atoms with Gasteiger partial charge in [0.1, 0.15) is 11.6 Å². The molecule has 3 aromatic rings. The van der Waals surface area contributed by atoms with Gasteiger partial charge in [-0.1, -0.05) is 23.7 Å². The molecule has 0 saturated heterocycles. The fourth-order valence-electron chi connectivity index (χ4n) is 2.04. The summed E-state index contributed by atoms with van der Waals surface area (Å²) in [5.74, 6) is 1.51. The van der Waals surface area contributed by atoms with Gasteiger partial charge in [-0.05, 0) is 24.3 Å². The molecule has 21 heavy (non-hydrogen) atoms. The lowest BCUT2D eigenvalue weighted by molar-refractivity contribution is 0.415. The van der Waals surface area contributed by atoms with Crippen LogP contribution < -0.4 is 15.8 Å². The van der Waals surface area contributed by atoms with Crippen LogP contribution in [0.4, 0.5) is 17.5 Å². The molecule has 3 N–H and O–H groups in total. The van der Waals surface area contributed by atoms with Crippen LogP contribution in [0.25, 0.3) is 10.9 Å². The number of para-hydroxylation sites is 1. The van der Waals surface area contributed by atoms with Crippen LogP contribution in [0, 0.1) is 0 Å². The summed E-state index contributed by atoms with van der Waals surface area (Å²) in [6.45, 7) is 0. The number of nitrogens with one attached hydrogen (secondary N) is 1. The highest BCUT2D eigenvalue weighted by Crippen LogP contribution is 2.31. The molecule has 0 unspecified atom stereocenters. The molecule has 5 nitrogen and oxygen atoms in total. The number of nitrogens with zero attached hydrogens (tertiary/aromatic N) is 2. The quantitative estimate of drug-likeness (QED) is 0.773. The summed E-state index contributed by atoms with van der Waals surface area (Å²) in [6.07, 6.45) is 0. The molecular weight excluding hydrogens is 288 g/mol. The number of anilines is 3. The largest absolute Gasteiger partial charge is 0.497 e. The maximum absolute atomic E-state index is 6.20. The highest BCUT2D eigenvalue weighted by Gasteiger charge is 2.09. The summed E-state index contributed by atoms with van der Waals surface area (Å²) < 4.78 is 5.20. The Morgan fingerprint density at radius 2 is 1.95 bits per heavy atom. The van der Waals surface area contributed by atoms with Crippen molar-refractivity contribution < 1.29 is 4.74 Å². The third-order valence-electron chi connectivity index (χ3n) is 3.05. The number of rotatable bonds is 3. The van der Waals surface area contributed by atoms with E-state index in [9.17, 15) is 0 Å². The summed E-state index contributed by atoms with van der Waals surface area (Å²) >= 11 is 6.20. The van der Waals surface area contributed by atoms with Gasteiger partial charge in [0, 0.05) is 11.5 Å². The fraction of sp³-hybridized carbons (Fsp3) is 0.0667. The first-order chi connectivity index (χ1) is 10.2. The van der Waals surface area contributed by atoms with Crippen LogP contribution in [0.15, 0.2) is 42.5 Å². The molecule has 0 radical (unpaired) electrons. The highest BCUT2D eigenvalue weighted by atomic mass is 35.5. The van der Waals surface area contributed by atoms with Crippen LogP contribution in [0.5, 0.6) is 5.75 Å². The van der Waals surface area contributed by atoms with E-state index in [4.69, 9.17) is 22.1 Å². The summed E-state index contributed by atoms with van der Waals surface area (Å²) in [4.78, 5) is 8.45. The van der Waals surface area contributed by atoms with E-state index in [2.05, 4.69) is 15.3 Å². The molecule has 0 saturated carbocycles. The number of methoxy groups -OCH3 is 1. The second-order valence-corrected chi connectivity index (χ2v) is 4.83. The standard InChI is InChI=1S/C15H13ClN4O/c1-21-9-6-7-11(16)13(8-9)18-14-10-4-2-3-5-12(10)19-15(17)20-14/h2-8H,1H3,(H3,17,18,19,20). The van der Waals surface area contributed by atoms with E-state index in [0.717, 1.165) is 10.9 Å². The lowest BCUT2D eigenvalue weighted by Gasteiger charge is -2.11. The van der Waals surface area contributed by atoms with Gasteiger partial charge in [0.25, 0.3) is 0 Å². The third-order valence-corrected chi connectivity index (χ3v) is 3.38. The number of aromatic nitrogens is 2. The Morgan fingerprint density at radius 3 is 2.76 bits per heavy atom. The molecule has 0 aliphatic carbocycles. The van der Waals surface area contributed by atoms with E-state index < -0.39 is 0 Å². The van der Waals surface area contributed by atoms with E-state index >= 15 is 0 Å². The zero-order valence-corrected chi connectivity index (χ0v) is 12.1. The molecule has 0 aliphatic heterocycles. The zero-order chi connectivity index (χ0) is 14.8. The fourth-order valence-corrected chi connectivity index (χ4v) is 2.21. The Morgan fingerprint density at radius 1 is 1.14 bits per heavy atom.